The summed E-state index contributed by atoms with van der Waals surface area (Å²) in [5.74, 6) is 0. The summed E-state index contributed by atoms with van der Waals surface area (Å²) in [6, 6.07) is 0. The predicted octanol–water partition coefficient (Wildman–Crippen LogP) is 2.53. The van der Waals surface area contributed by atoms with Gasteiger partial charge in [-0.2, -0.15) is 0 Å². The molecule has 118 valence electrons. The molecule has 1 atom stereocenters. The van der Waals surface area contributed by atoms with Crippen molar-refractivity contribution in [3.05, 3.63) is 16.1 Å². The Morgan fingerprint density at radius 1 is 1.19 bits per heavy atom. The van der Waals surface area contributed by atoms with Crippen LogP contribution in [0.5, 0.6) is 0 Å². The number of nitrogens with zero attached hydrogens (tertiary/aromatic N) is 3. The Balaban J connectivity index is 1.54. The van der Waals surface area contributed by atoms with Crippen molar-refractivity contribution in [2.45, 2.75) is 45.3 Å². The topological polar surface area (TPSA) is 28.6 Å². The van der Waals surface area contributed by atoms with E-state index in [-0.39, 0.29) is 0 Å². The first-order chi connectivity index (χ1) is 10.3. The van der Waals surface area contributed by atoms with Crippen LogP contribution in [0.4, 0.5) is 0 Å². The Morgan fingerprint density at radius 2 is 2.00 bits per heavy atom. The van der Waals surface area contributed by atoms with Crippen molar-refractivity contribution in [1.82, 2.24) is 14.8 Å². The largest absolute Gasteiger partial charge is 0.376 e. The minimum atomic E-state index is 0.374. The van der Waals surface area contributed by atoms with E-state index >= 15 is 0 Å². The molecular weight excluding hydrogens is 282 g/mol. The third-order valence-electron chi connectivity index (χ3n) is 4.56. The van der Waals surface area contributed by atoms with Crippen LogP contribution in [0.1, 0.15) is 36.3 Å². The number of hydrogen-bond acceptors (Lipinski definition) is 5. The Morgan fingerprint density at radius 3 is 2.76 bits per heavy atom. The van der Waals surface area contributed by atoms with Gasteiger partial charge in [-0.25, -0.2) is 4.98 Å². The van der Waals surface area contributed by atoms with E-state index in [2.05, 4.69) is 21.7 Å². The third-order valence-corrected chi connectivity index (χ3v) is 5.48. The highest BCUT2D eigenvalue weighted by atomic mass is 32.1. The number of thiazole rings is 1. The van der Waals surface area contributed by atoms with Gasteiger partial charge in [-0.3, -0.25) is 4.90 Å². The number of likely N-dealkylation sites (tertiary alicyclic amines) is 1. The van der Waals surface area contributed by atoms with E-state index in [4.69, 9.17) is 4.74 Å². The molecule has 2 aliphatic heterocycles. The summed E-state index contributed by atoms with van der Waals surface area (Å²) in [7, 11) is 0. The third kappa shape index (κ3) is 4.49. The van der Waals surface area contributed by atoms with Gasteiger partial charge in [0.25, 0.3) is 0 Å². The fraction of sp³-hybridized carbons (Fsp3) is 0.812. The molecular formula is C16H27N3OS. The van der Waals surface area contributed by atoms with Gasteiger partial charge in [0.2, 0.25) is 0 Å². The molecule has 1 aromatic rings. The minimum absolute atomic E-state index is 0.374. The summed E-state index contributed by atoms with van der Waals surface area (Å²) < 4.78 is 6.09. The number of aromatic nitrogens is 1. The van der Waals surface area contributed by atoms with E-state index in [0.29, 0.717) is 6.10 Å². The highest BCUT2D eigenvalue weighted by molar-refractivity contribution is 7.09. The minimum Gasteiger partial charge on any atom is -0.376 e. The molecule has 0 aliphatic carbocycles. The van der Waals surface area contributed by atoms with Gasteiger partial charge < -0.3 is 9.64 Å². The number of ether oxygens (including phenoxy) is 1. The Kier molecular flexibility index (Phi) is 5.63. The Hall–Kier alpha value is -0.490. The normalized spacial score (nSPS) is 25.9. The SMILES string of the molecule is Cc1ncsc1CN1CCCOC(CN2CCCCC2)C1. The maximum Gasteiger partial charge on any atom is 0.0828 e. The zero-order valence-corrected chi connectivity index (χ0v) is 13.9. The number of hydrogen-bond donors (Lipinski definition) is 0. The molecule has 3 rings (SSSR count). The molecule has 3 heterocycles. The van der Waals surface area contributed by atoms with Crippen LogP contribution in [-0.4, -0.2) is 60.2 Å². The maximum atomic E-state index is 6.09. The lowest BCUT2D eigenvalue weighted by atomic mass is 10.1. The first-order valence-electron chi connectivity index (χ1n) is 8.26. The van der Waals surface area contributed by atoms with Gasteiger partial charge in [-0.1, -0.05) is 6.42 Å². The molecule has 2 aliphatic rings. The molecule has 2 saturated heterocycles. The van der Waals surface area contributed by atoms with Crippen LogP contribution in [0.15, 0.2) is 5.51 Å². The van der Waals surface area contributed by atoms with Crippen molar-refractivity contribution in [3.63, 3.8) is 0 Å². The molecule has 1 aromatic heterocycles. The summed E-state index contributed by atoms with van der Waals surface area (Å²) in [6.45, 7) is 9.90. The van der Waals surface area contributed by atoms with Crippen LogP contribution in [-0.2, 0) is 11.3 Å². The second-order valence-electron chi connectivity index (χ2n) is 6.30. The van der Waals surface area contributed by atoms with Gasteiger partial charge in [0.15, 0.2) is 0 Å². The van der Waals surface area contributed by atoms with Crippen LogP contribution < -0.4 is 0 Å². The monoisotopic (exact) mass is 309 g/mol. The predicted molar refractivity (Wildman–Crippen MR) is 86.8 cm³/mol. The molecule has 0 radical (unpaired) electrons. The number of aryl methyl sites for hydroxylation is 1. The summed E-state index contributed by atoms with van der Waals surface area (Å²) in [6.07, 6.45) is 5.64. The standard InChI is InChI=1S/C16H27N3OS/c1-14-16(21-13-17-14)12-19-8-5-9-20-15(11-19)10-18-6-3-2-4-7-18/h13,15H,2-12H2,1H3. The van der Waals surface area contributed by atoms with Crippen molar-refractivity contribution >= 4 is 11.3 Å². The van der Waals surface area contributed by atoms with Crippen molar-refractivity contribution in [2.24, 2.45) is 0 Å². The van der Waals surface area contributed by atoms with E-state index in [1.165, 1.54) is 42.9 Å². The lowest BCUT2D eigenvalue weighted by molar-refractivity contribution is 0.0217. The second-order valence-corrected chi connectivity index (χ2v) is 7.24. The van der Waals surface area contributed by atoms with E-state index in [9.17, 15) is 0 Å². The van der Waals surface area contributed by atoms with Crippen LogP contribution in [0.3, 0.4) is 0 Å². The zero-order valence-electron chi connectivity index (χ0n) is 13.1. The molecule has 0 spiro atoms. The summed E-state index contributed by atoms with van der Waals surface area (Å²) >= 11 is 1.78. The molecule has 0 bridgehead atoms. The van der Waals surface area contributed by atoms with Gasteiger partial charge >= 0.3 is 0 Å². The van der Waals surface area contributed by atoms with E-state index in [1.54, 1.807) is 11.3 Å². The highest BCUT2D eigenvalue weighted by Gasteiger charge is 2.22. The first-order valence-corrected chi connectivity index (χ1v) is 9.14. The fourth-order valence-electron chi connectivity index (χ4n) is 3.34. The smallest absolute Gasteiger partial charge is 0.0828 e. The molecule has 2 fully saturated rings. The van der Waals surface area contributed by atoms with Crippen LogP contribution in [0, 0.1) is 6.92 Å². The lowest BCUT2D eigenvalue weighted by Crippen LogP contribution is -2.42. The van der Waals surface area contributed by atoms with E-state index < -0.39 is 0 Å². The fourth-order valence-corrected chi connectivity index (χ4v) is 4.15. The maximum absolute atomic E-state index is 6.09. The Labute approximate surface area is 132 Å². The highest BCUT2D eigenvalue weighted by Crippen LogP contribution is 2.18. The lowest BCUT2D eigenvalue weighted by Gasteiger charge is -2.31. The van der Waals surface area contributed by atoms with Gasteiger partial charge in [0.1, 0.15) is 0 Å². The zero-order chi connectivity index (χ0) is 14.5. The van der Waals surface area contributed by atoms with Gasteiger partial charge in [-0.05, 0) is 39.3 Å². The molecule has 21 heavy (non-hydrogen) atoms. The van der Waals surface area contributed by atoms with Crippen molar-refractivity contribution in [3.8, 4) is 0 Å². The van der Waals surface area contributed by atoms with E-state index in [1.807, 2.05) is 5.51 Å². The average Bonchev–Trinajstić information content (AvgIpc) is 2.76. The van der Waals surface area contributed by atoms with Gasteiger partial charge in [0, 0.05) is 37.7 Å². The number of piperidine rings is 1. The quantitative estimate of drug-likeness (QED) is 0.854. The summed E-state index contributed by atoms with van der Waals surface area (Å²) in [5, 5.41) is 0. The number of rotatable bonds is 4. The van der Waals surface area contributed by atoms with Crippen molar-refractivity contribution in [2.75, 3.05) is 39.3 Å². The van der Waals surface area contributed by atoms with Crippen LogP contribution in [0.25, 0.3) is 0 Å². The molecule has 0 amide bonds. The van der Waals surface area contributed by atoms with Crippen molar-refractivity contribution < 1.29 is 4.74 Å². The second kappa shape index (κ2) is 7.68. The van der Waals surface area contributed by atoms with Crippen LogP contribution >= 0.6 is 11.3 Å². The molecule has 4 nitrogen and oxygen atoms in total. The molecule has 0 aromatic carbocycles. The Bertz CT molecular complexity index is 431. The average molecular weight is 309 g/mol. The van der Waals surface area contributed by atoms with E-state index in [0.717, 1.165) is 39.2 Å². The molecule has 5 heteroatoms. The van der Waals surface area contributed by atoms with Gasteiger partial charge in [-0.15, -0.1) is 11.3 Å². The molecule has 1 unspecified atom stereocenters. The molecule has 0 saturated carbocycles. The first kappa shape index (κ1) is 15.4. The van der Waals surface area contributed by atoms with Crippen LogP contribution in [0.2, 0.25) is 0 Å². The summed E-state index contributed by atoms with van der Waals surface area (Å²) in [4.78, 5) is 10.9. The van der Waals surface area contributed by atoms with Crippen molar-refractivity contribution in [1.29, 1.82) is 0 Å². The van der Waals surface area contributed by atoms with Gasteiger partial charge in [0.05, 0.1) is 17.3 Å². The molecule has 0 N–H and O–H groups in total. The summed E-state index contributed by atoms with van der Waals surface area (Å²) in [5.41, 5.74) is 3.15.